The third-order valence-corrected chi connectivity index (χ3v) is 2.97. The zero-order valence-corrected chi connectivity index (χ0v) is 12.1. The molecule has 2 rings (SSSR count). The van der Waals surface area contributed by atoms with Gasteiger partial charge in [0.25, 0.3) is 0 Å². The van der Waals surface area contributed by atoms with Crippen molar-refractivity contribution < 1.29 is 19.1 Å². The van der Waals surface area contributed by atoms with Crippen LogP contribution in [0.1, 0.15) is 0 Å². The molecule has 0 heterocycles. The van der Waals surface area contributed by atoms with Crippen LogP contribution in [0.25, 0.3) is 10.8 Å². The summed E-state index contributed by atoms with van der Waals surface area (Å²) in [6, 6.07) is 8.73. The van der Waals surface area contributed by atoms with E-state index in [1.807, 2.05) is 0 Å². The Morgan fingerprint density at radius 3 is 2.23 bits per heavy atom. The summed E-state index contributed by atoms with van der Waals surface area (Å²) in [6.45, 7) is 6.76. The van der Waals surface area contributed by atoms with E-state index in [9.17, 15) is 9.59 Å². The van der Waals surface area contributed by atoms with Crippen LogP contribution in [0.15, 0.2) is 55.6 Å². The van der Waals surface area contributed by atoms with Gasteiger partial charge in [-0.15, -0.1) is 0 Å². The lowest BCUT2D eigenvalue weighted by molar-refractivity contribution is -0.129. The van der Waals surface area contributed by atoms with E-state index in [0.29, 0.717) is 28.0 Å². The van der Waals surface area contributed by atoms with E-state index in [2.05, 4.69) is 18.5 Å². The van der Waals surface area contributed by atoms with Gasteiger partial charge >= 0.3 is 11.9 Å². The first kappa shape index (κ1) is 15.3. The molecule has 0 aliphatic rings. The van der Waals surface area contributed by atoms with Crippen LogP contribution in [-0.4, -0.2) is 19.0 Å². The minimum Gasteiger partial charge on any atom is -0.423 e. The average molecular weight is 297 g/mol. The molecule has 0 bridgehead atoms. The van der Waals surface area contributed by atoms with Gasteiger partial charge in [0.15, 0.2) is 5.75 Å². The summed E-state index contributed by atoms with van der Waals surface area (Å²) in [4.78, 5) is 23.0. The molecule has 0 aliphatic carbocycles. The standard InChI is InChI=1S/C17H15NO4/c1-4-15(19)21-14-10-13(18-3)17(22-16(20)5-2)12-9-7-6-8-11(12)14/h4-10,18H,1-2H2,3H3. The second-order valence-corrected chi connectivity index (χ2v) is 4.30. The second-order valence-electron chi connectivity index (χ2n) is 4.30. The maximum absolute atomic E-state index is 11.5. The van der Waals surface area contributed by atoms with E-state index in [1.54, 1.807) is 37.4 Å². The number of benzene rings is 2. The lowest BCUT2D eigenvalue weighted by Crippen LogP contribution is -2.08. The van der Waals surface area contributed by atoms with E-state index in [-0.39, 0.29) is 0 Å². The molecule has 0 fully saturated rings. The van der Waals surface area contributed by atoms with Crippen LogP contribution in [0, 0.1) is 0 Å². The average Bonchev–Trinajstić information content (AvgIpc) is 2.56. The molecule has 0 amide bonds. The number of hydrogen-bond donors (Lipinski definition) is 1. The summed E-state index contributed by atoms with van der Waals surface area (Å²) in [6.07, 6.45) is 2.17. The van der Waals surface area contributed by atoms with Crippen LogP contribution in [0.5, 0.6) is 11.5 Å². The first-order valence-electron chi connectivity index (χ1n) is 6.52. The Morgan fingerprint density at radius 1 is 1.05 bits per heavy atom. The first-order valence-corrected chi connectivity index (χ1v) is 6.52. The molecule has 0 radical (unpaired) electrons. The minimum atomic E-state index is -0.572. The molecule has 0 saturated heterocycles. The van der Waals surface area contributed by atoms with Gasteiger partial charge in [-0.3, -0.25) is 0 Å². The number of ether oxygens (including phenoxy) is 2. The molecule has 0 spiro atoms. The lowest BCUT2D eigenvalue weighted by atomic mass is 10.1. The Hall–Kier alpha value is -3.08. The Morgan fingerprint density at radius 2 is 1.64 bits per heavy atom. The van der Waals surface area contributed by atoms with Gasteiger partial charge in [-0.25, -0.2) is 9.59 Å². The van der Waals surface area contributed by atoms with Gasteiger partial charge in [-0.1, -0.05) is 37.4 Å². The Balaban J connectivity index is 2.67. The van der Waals surface area contributed by atoms with Crippen LogP contribution >= 0.6 is 0 Å². The van der Waals surface area contributed by atoms with Gasteiger partial charge < -0.3 is 14.8 Å². The van der Waals surface area contributed by atoms with Crippen molar-refractivity contribution in [1.82, 2.24) is 0 Å². The lowest BCUT2D eigenvalue weighted by Gasteiger charge is -2.15. The van der Waals surface area contributed by atoms with Crippen LogP contribution in [0.4, 0.5) is 5.69 Å². The van der Waals surface area contributed by atoms with E-state index in [1.165, 1.54) is 0 Å². The van der Waals surface area contributed by atoms with E-state index in [4.69, 9.17) is 9.47 Å². The van der Waals surface area contributed by atoms with Crippen molar-refractivity contribution in [3.8, 4) is 11.5 Å². The zero-order valence-electron chi connectivity index (χ0n) is 12.1. The first-order chi connectivity index (χ1) is 10.6. The Labute approximate surface area is 127 Å². The van der Waals surface area contributed by atoms with Crippen molar-refractivity contribution >= 4 is 28.4 Å². The van der Waals surface area contributed by atoms with Crippen LogP contribution < -0.4 is 14.8 Å². The van der Waals surface area contributed by atoms with Crippen molar-refractivity contribution in [2.75, 3.05) is 12.4 Å². The predicted octanol–water partition coefficient (Wildman–Crippen LogP) is 3.06. The van der Waals surface area contributed by atoms with Crippen molar-refractivity contribution in [3.63, 3.8) is 0 Å². The van der Waals surface area contributed by atoms with E-state index in [0.717, 1.165) is 12.2 Å². The molecular weight excluding hydrogens is 282 g/mol. The quantitative estimate of drug-likeness (QED) is 0.522. The SMILES string of the molecule is C=CC(=O)Oc1cc(NC)c(OC(=O)C=C)c2ccccc12. The molecule has 5 heteroatoms. The highest BCUT2D eigenvalue weighted by Crippen LogP contribution is 2.40. The number of carbonyl (C=O) groups excluding carboxylic acids is 2. The highest BCUT2D eigenvalue weighted by molar-refractivity contribution is 6.01. The highest BCUT2D eigenvalue weighted by Gasteiger charge is 2.16. The third-order valence-electron chi connectivity index (χ3n) is 2.97. The summed E-state index contributed by atoms with van der Waals surface area (Å²) < 4.78 is 10.6. The number of carbonyl (C=O) groups is 2. The molecule has 0 saturated carbocycles. The van der Waals surface area contributed by atoms with Gasteiger partial charge in [0.2, 0.25) is 0 Å². The Kier molecular flexibility index (Phi) is 4.58. The van der Waals surface area contributed by atoms with E-state index < -0.39 is 11.9 Å². The van der Waals surface area contributed by atoms with Crippen molar-refractivity contribution in [2.24, 2.45) is 0 Å². The van der Waals surface area contributed by atoms with Crippen molar-refractivity contribution in [2.45, 2.75) is 0 Å². The van der Waals surface area contributed by atoms with Crippen molar-refractivity contribution in [1.29, 1.82) is 0 Å². The summed E-state index contributed by atoms with van der Waals surface area (Å²) in [5.74, 6) is -0.440. The number of rotatable bonds is 5. The van der Waals surface area contributed by atoms with Crippen molar-refractivity contribution in [3.05, 3.63) is 55.6 Å². The fraction of sp³-hybridized carbons (Fsp3) is 0.0588. The second kappa shape index (κ2) is 6.58. The number of anilines is 1. The molecule has 0 aliphatic heterocycles. The fourth-order valence-corrected chi connectivity index (χ4v) is 1.99. The van der Waals surface area contributed by atoms with Gasteiger partial charge in [0.1, 0.15) is 5.75 Å². The maximum atomic E-state index is 11.5. The number of nitrogens with one attached hydrogen (secondary N) is 1. The van der Waals surface area contributed by atoms with Gasteiger partial charge in [-0.2, -0.15) is 0 Å². The molecule has 2 aromatic carbocycles. The number of fused-ring (bicyclic) bond motifs is 1. The summed E-state index contributed by atoms with van der Waals surface area (Å²) in [5.41, 5.74) is 0.515. The largest absolute Gasteiger partial charge is 0.423 e. The molecule has 2 aromatic rings. The summed E-state index contributed by atoms with van der Waals surface area (Å²) in [7, 11) is 1.68. The summed E-state index contributed by atoms with van der Waals surface area (Å²) in [5, 5.41) is 4.20. The summed E-state index contributed by atoms with van der Waals surface area (Å²) >= 11 is 0. The number of esters is 2. The van der Waals surface area contributed by atoms with Crippen LogP contribution in [-0.2, 0) is 9.59 Å². The van der Waals surface area contributed by atoms with Crippen LogP contribution in [0.3, 0.4) is 0 Å². The Bertz CT molecular complexity index is 765. The minimum absolute atomic E-state index is 0.349. The number of hydrogen-bond acceptors (Lipinski definition) is 5. The molecule has 1 N–H and O–H groups in total. The van der Waals surface area contributed by atoms with Gasteiger partial charge in [-0.05, 0) is 0 Å². The van der Waals surface area contributed by atoms with Gasteiger partial charge in [0, 0.05) is 36.0 Å². The third kappa shape index (κ3) is 2.98. The smallest absolute Gasteiger partial charge is 0.335 e. The highest BCUT2D eigenvalue weighted by atomic mass is 16.5. The van der Waals surface area contributed by atoms with E-state index >= 15 is 0 Å². The van der Waals surface area contributed by atoms with Gasteiger partial charge in [0.05, 0.1) is 5.69 Å². The zero-order chi connectivity index (χ0) is 16.1. The van der Waals surface area contributed by atoms with Crippen LogP contribution in [0.2, 0.25) is 0 Å². The molecule has 112 valence electrons. The molecule has 0 atom stereocenters. The molecule has 22 heavy (non-hydrogen) atoms. The molecular formula is C17H15NO4. The molecule has 0 unspecified atom stereocenters. The molecule has 0 aromatic heterocycles. The maximum Gasteiger partial charge on any atom is 0.335 e. The topological polar surface area (TPSA) is 64.6 Å². The predicted molar refractivity (Wildman–Crippen MR) is 85.2 cm³/mol. The normalized spacial score (nSPS) is 9.86. The molecule has 5 nitrogen and oxygen atoms in total. The fourth-order valence-electron chi connectivity index (χ4n) is 1.99. The monoisotopic (exact) mass is 297 g/mol.